The van der Waals surface area contributed by atoms with Crippen molar-refractivity contribution in [2.24, 2.45) is 0 Å². The van der Waals surface area contributed by atoms with Crippen LogP contribution in [0.5, 0.6) is 5.75 Å². The van der Waals surface area contributed by atoms with Gasteiger partial charge in [-0.1, -0.05) is 23.7 Å². The predicted octanol–water partition coefficient (Wildman–Crippen LogP) is 1.28. The molecule has 3 rings (SSSR count). The lowest BCUT2D eigenvalue weighted by Gasteiger charge is -2.28. The monoisotopic (exact) mass is 423 g/mol. The number of hydrogen-bond donors (Lipinski definition) is 4. The van der Waals surface area contributed by atoms with Crippen molar-refractivity contribution in [1.29, 1.82) is 0 Å². The van der Waals surface area contributed by atoms with Crippen molar-refractivity contribution in [1.82, 2.24) is 5.32 Å². The predicted molar refractivity (Wildman–Crippen MR) is 108 cm³/mol. The van der Waals surface area contributed by atoms with Gasteiger partial charge in [-0.2, -0.15) is 0 Å². The van der Waals surface area contributed by atoms with Crippen LogP contribution in [0.4, 0.5) is 0 Å². The van der Waals surface area contributed by atoms with Crippen molar-refractivity contribution in [3.63, 3.8) is 0 Å². The van der Waals surface area contributed by atoms with Crippen LogP contribution in [0.3, 0.4) is 0 Å². The summed E-state index contributed by atoms with van der Waals surface area (Å²) in [5.74, 6) is -0.471. The number of nitrogens with one attached hydrogen (secondary N) is 1. The molecule has 7 nitrogen and oxygen atoms in total. The van der Waals surface area contributed by atoms with Crippen LogP contribution in [-0.2, 0) is 4.79 Å². The topological polar surface area (TPSA) is 116 Å². The molecule has 0 aliphatic rings. The smallest absolute Gasteiger partial charge is 0.258 e. The first kappa shape index (κ1) is 20.5. The van der Waals surface area contributed by atoms with E-state index in [0.717, 1.165) is 4.70 Å². The van der Waals surface area contributed by atoms with Crippen LogP contribution >= 0.6 is 22.9 Å². The number of rotatable bonds is 7. The Bertz CT molecular complexity index is 1070. The summed E-state index contributed by atoms with van der Waals surface area (Å²) < 4.78 is 6.88. The van der Waals surface area contributed by atoms with Crippen molar-refractivity contribution >= 4 is 49.0 Å². The summed E-state index contributed by atoms with van der Waals surface area (Å²) in [6, 6.07) is 10.2. The summed E-state index contributed by atoms with van der Waals surface area (Å²) in [4.78, 5) is 25.1. The van der Waals surface area contributed by atoms with E-state index >= 15 is 0 Å². The average Bonchev–Trinajstić information content (AvgIpc) is 2.72. The summed E-state index contributed by atoms with van der Waals surface area (Å²) in [7, 11) is 0. The Kier molecular flexibility index (Phi) is 6.17. The molecule has 1 amide bonds. The summed E-state index contributed by atoms with van der Waals surface area (Å²) in [6.45, 7) is -2.41. The molecule has 9 heteroatoms. The van der Waals surface area contributed by atoms with Crippen molar-refractivity contribution in [2.75, 3.05) is 26.4 Å². The second-order valence-electron chi connectivity index (χ2n) is 6.27. The van der Waals surface area contributed by atoms with E-state index < -0.39 is 37.9 Å². The Morgan fingerprint density at radius 1 is 1.11 bits per heavy atom. The molecule has 148 valence electrons. The van der Waals surface area contributed by atoms with Gasteiger partial charge in [0.1, 0.15) is 11.3 Å². The quantitative estimate of drug-likeness (QED) is 0.425. The number of ether oxygens (including phenoxy) is 1. The Morgan fingerprint density at radius 3 is 2.46 bits per heavy atom. The van der Waals surface area contributed by atoms with Crippen LogP contribution in [0.2, 0.25) is 5.02 Å². The van der Waals surface area contributed by atoms with E-state index in [1.165, 1.54) is 17.4 Å². The van der Waals surface area contributed by atoms with Crippen LogP contribution in [0.25, 0.3) is 20.2 Å². The highest BCUT2D eigenvalue weighted by atomic mass is 35.5. The van der Waals surface area contributed by atoms with Gasteiger partial charge in [-0.15, -0.1) is 11.3 Å². The Balaban J connectivity index is 1.94. The van der Waals surface area contributed by atoms with Gasteiger partial charge in [0.25, 0.3) is 5.91 Å². The molecule has 0 unspecified atom stereocenters. The number of fused-ring (bicyclic) bond motifs is 2. The number of amides is 1. The Hall–Kier alpha value is -2.23. The molecule has 1 heterocycles. The van der Waals surface area contributed by atoms with E-state index in [-0.39, 0.29) is 16.6 Å². The highest BCUT2D eigenvalue weighted by Gasteiger charge is 2.30. The number of benzene rings is 2. The van der Waals surface area contributed by atoms with Crippen LogP contribution in [0.15, 0.2) is 41.2 Å². The standard InChI is InChI=1S/C19H18ClNO6S/c20-12-5-6-13(27-7-15(25)21-19(8-22,9-23)10-24)16-17(26)11-3-1-2-4-14(11)28-18(12)16/h1-6,22-24H,7-10H2,(H,21,25). The normalized spacial score (nSPS) is 11.7. The number of aliphatic hydroxyl groups is 3. The van der Waals surface area contributed by atoms with Crippen molar-refractivity contribution < 1.29 is 24.9 Å². The maximum absolute atomic E-state index is 12.9. The minimum Gasteiger partial charge on any atom is -0.483 e. The molecule has 2 aromatic carbocycles. The number of aliphatic hydroxyl groups excluding tert-OH is 3. The van der Waals surface area contributed by atoms with Gasteiger partial charge in [0, 0.05) is 10.1 Å². The van der Waals surface area contributed by atoms with Crippen molar-refractivity contribution in [2.45, 2.75) is 5.54 Å². The molecule has 0 aliphatic carbocycles. The zero-order valence-electron chi connectivity index (χ0n) is 14.6. The average molecular weight is 424 g/mol. The lowest BCUT2D eigenvalue weighted by Crippen LogP contribution is -2.58. The lowest BCUT2D eigenvalue weighted by atomic mass is 10.0. The molecule has 4 N–H and O–H groups in total. The first-order valence-electron chi connectivity index (χ1n) is 8.35. The van der Waals surface area contributed by atoms with E-state index in [2.05, 4.69) is 5.32 Å². The molecule has 0 fully saturated rings. The molecule has 0 spiro atoms. The van der Waals surface area contributed by atoms with E-state index in [1.54, 1.807) is 18.2 Å². The molecule has 3 aromatic rings. The first-order chi connectivity index (χ1) is 13.4. The van der Waals surface area contributed by atoms with Crippen LogP contribution < -0.4 is 15.5 Å². The number of carbonyl (C=O) groups excluding carboxylic acids is 1. The van der Waals surface area contributed by atoms with Gasteiger partial charge in [-0.3, -0.25) is 9.59 Å². The van der Waals surface area contributed by atoms with Crippen molar-refractivity contribution in [3.05, 3.63) is 51.6 Å². The third kappa shape index (κ3) is 3.82. The SMILES string of the molecule is O=C(COc1ccc(Cl)c2sc3ccccc3c(=O)c12)NC(CO)(CO)CO. The molecule has 0 aliphatic heterocycles. The number of hydrogen-bond acceptors (Lipinski definition) is 7. The zero-order chi connectivity index (χ0) is 20.3. The fourth-order valence-corrected chi connectivity index (χ4v) is 4.08. The molecular formula is C19H18ClNO6S. The van der Waals surface area contributed by atoms with Gasteiger partial charge in [0.2, 0.25) is 0 Å². The van der Waals surface area contributed by atoms with Crippen molar-refractivity contribution in [3.8, 4) is 5.75 Å². The molecule has 0 saturated heterocycles. The molecule has 0 radical (unpaired) electrons. The fraction of sp³-hybridized carbons (Fsp3) is 0.263. The third-order valence-corrected chi connectivity index (χ3v) is 5.94. The Labute approximate surface area is 168 Å². The molecular weight excluding hydrogens is 406 g/mol. The van der Waals surface area contributed by atoms with E-state index in [1.807, 2.05) is 12.1 Å². The Morgan fingerprint density at radius 2 is 1.79 bits per heavy atom. The van der Waals surface area contributed by atoms with Crippen LogP contribution in [-0.4, -0.2) is 53.2 Å². The van der Waals surface area contributed by atoms with Gasteiger partial charge in [0.05, 0.1) is 34.9 Å². The zero-order valence-corrected chi connectivity index (χ0v) is 16.2. The molecule has 0 saturated carbocycles. The van der Waals surface area contributed by atoms with Gasteiger partial charge < -0.3 is 25.4 Å². The minimum atomic E-state index is -1.55. The first-order valence-corrected chi connectivity index (χ1v) is 9.54. The second kappa shape index (κ2) is 8.42. The molecule has 0 atom stereocenters. The minimum absolute atomic E-state index is 0.198. The van der Waals surface area contributed by atoms with E-state index in [9.17, 15) is 24.9 Å². The summed E-state index contributed by atoms with van der Waals surface area (Å²) >= 11 is 7.61. The molecule has 1 aromatic heterocycles. The van der Waals surface area contributed by atoms with Crippen LogP contribution in [0.1, 0.15) is 0 Å². The lowest BCUT2D eigenvalue weighted by molar-refractivity contribution is -0.127. The maximum Gasteiger partial charge on any atom is 0.258 e. The van der Waals surface area contributed by atoms with Gasteiger partial charge >= 0.3 is 0 Å². The molecule has 28 heavy (non-hydrogen) atoms. The number of carbonyl (C=O) groups is 1. The number of halogens is 1. The van der Waals surface area contributed by atoms with Crippen LogP contribution in [0, 0.1) is 0 Å². The highest BCUT2D eigenvalue weighted by Crippen LogP contribution is 2.35. The second-order valence-corrected chi connectivity index (χ2v) is 7.73. The summed E-state index contributed by atoms with van der Waals surface area (Å²) in [5, 5.41) is 31.4. The fourth-order valence-electron chi connectivity index (χ4n) is 2.71. The highest BCUT2D eigenvalue weighted by molar-refractivity contribution is 7.25. The molecule has 0 bridgehead atoms. The van der Waals surface area contributed by atoms with E-state index in [4.69, 9.17) is 16.3 Å². The summed E-state index contributed by atoms with van der Waals surface area (Å²) in [6.07, 6.45) is 0. The van der Waals surface area contributed by atoms with Gasteiger partial charge in [0.15, 0.2) is 12.0 Å². The van der Waals surface area contributed by atoms with Gasteiger partial charge in [-0.05, 0) is 24.3 Å². The largest absolute Gasteiger partial charge is 0.483 e. The van der Waals surface area contributed by atoms with E-state index in [0.29, 0.717) is 15.1 Å². The maximum atomic E-state index is 12.9. The third-order valence-electron chi connectivity index (χ3n) is 4.31. The van der Waals surface area contributed by atoms with Gasteiger partial charge in [-0.25, -0.2) is 0 Å². The summed E-state index contributed by atoms with van der Waals surface area (Å²) in [5.41, 5.74) is -1.80.